The third-order valence-corrected chi connectivity index (χ3v) is 3.10. The van der Waals surface area contributed by atoms with Gasteiger partial charge >= 0.3 is 5.97 Å². The third-order valence-electron chi connectivity index (χ3n) is 3.10. The van der Waals surface area contributed by atoms with Crippen molar-refractivity contribution >= 4 is 11.9 Å². The summed E-state index contributed by atoms with van der Waals surface area (Å²) in [5, 5.41) is 11.3. The number of aliphatic carboxylic acids is 1. The maximum absolute atomic E-state index is 11.6. The molecule has 0 aliphatic carbocycles. The molecule has 108 valence electrons. The Hall–Kier alpha value is -2.10. The van der Waals surface area contributed by atoms with Crippen molar-refractivity contribution in [2.75, 3.05) is 0 Å². The zero-order valence-electron chi connectivity index (χ0n) is 11.9. The zero-order chi connectivity index (χ0) is 15.0. The Morgan fingerprint density at radius 1 is 1.20 bits per heavy atom. The fourth-order valence-electron chi connectivity index (χ4n) is 1.92. The minimum atomic E-state index is -1.12. The van der Waals surface area contributed by atoms with Gasteiger partial charge < -0.3 is 10.4 Å². The molecule has 0 spiro atoms. The van der Waals surface area contributed by atoms with E-state index in [9.17, 15) is 9.59 Å². The largest absolute Gasteiger partial charge is 0.478 e. The van der Waals surface area contributed by atoms with Crippen LogP contribution in [-0.4, -0.2) is 23.0 Å². The van der Waals surface area contributed by atoms with E-state index in [1.54, 1.807) is 0 Å². The Labute approximate surface area is 119 Å². The molecule has 1 aromatic carbocycles. The summed E-state index contributed by atoms with van der Waals surface area (Å²) in [7, 11) is 0. The van der Waals surface area contributed by atoms with Crippen LogP contribution in [0.3, 0.4) is 0 Å². The fourth-order valence-corrected chi connectivity index (χ4v) is 1.92. The lowest BCUT2D eigenvalue weighted by molar-refractivity contribution is -0.131. The van der Waals surface area contributed by atoms with E-state index in [-0.39, 0.29) is 11.9 Å². The number of rotatable bonds is 7. The second-order valence-corrected chi connectivity index (χ2v) is 5.05. The van der Waals surface area contributed by atoms with Crippen molar-refractivity contribution < 1.29 is 14.7 Å². The van der Waals surface area contributed by atoms with Crippen molar-refractivity contribution in [2.24, 2.45) is 5.92 Å². The van der Waals surface area contributed by atoms with Crippen LogP contribution in [0.4, 0.5) is 0 Å². The number of benzene rings is 1. The summed E-state index contributed by atoms with van der Waals surface area (Å²) in [5.41, 5.74) is 1.23. The third kappa shape index (κ3) is 6.18. The standard InChI is InChI=1S/C16H21NO3/c1-12(2)14(17-15(18)10-11-16(19)20)9-8-13-6-4-3-5-7-13/h3-7,10-12,14H,8-9H2,1-2H3,(H,17,18)(H,19,20). The van der Waals surface area contributed by atoms with Gasteiger partial charge in [0, 0.05) is 18.2 Å². The van der Waals surface area contributed by atoms with Gasteiger partial charge in [-0.15, -0.1) is 0 Å². The highest BCUT2D eigenvalue weighted by Gasteiger charge is 2.15. The summed E-state index contributed by atoms with van der Waals surface area (Å²) < 4.78 is 0. The van der Waals surface area contributed by atoms with Crippen LogP contribution in [0, 0.1) is 5.92 Å². The Morgan fingerprint density at radius 3 is 2.40 bits per heavy atom. The molecule has 0 aliphatic rings. The summed E-state index contributed by atoms with van der Waals surface area (Å²) in [6, 6.07) is 10.1. The van der Waals surface area contributed by atoms with Crippen LogP contribution >= 0.6 is 0 Å². The lowest BCUT2D eigenvalue weighted by Gasteiger charge is -2.21. The van der Waals surface area contributed by atoms with Crippen molar-refractivity contribution in [3.63, 3.8) is 0 Å². The van der Waals surface area contributed by atoms with Gasteiger partial charge in [-0.05, 0) is 24.3 Å². The van der Waals surface area contributed by atoms with Gasteiger partial charge in [0.05, 0.1) is 0 Å². The molecule has 0 saturated heterocycles. The summed E-state index contributed by atoms with van der Waals surface area (Å²) in [6.07, 6.45) is 3.62. The number of carbonyl (C=O) groups is 2. The second-order valence-electron chi connectivity index (χ2n) is 5.05. The number of aryl methyl sites for hydroxylation is 1. The number of nitrogens with one attached hydrogen (secondary N) is 1. The maximum atomic E-state index is 11.6. The zero-order valence-corrected chi connectivity index (χ0v) is 11.9. The van der Waals surface area contributed by atoms with Crippen molar-refractivity contribution in [1.82, 2.24) is 5.32 Å². The molecule has 2 N–H and O–H groups in total. The van der Waals surface area contributed by atoms with Crippen LogP contribution in [0.15, 0.2) is 42.5 Å². The van der Waals surface area contributed by atoms with E-state index >= 15 is 0 Å². The molecule has 0 fully saturated rings. The summed E-state index contributed by atoms with van der Waals surface area (Å²) in [4.78, 5) is 22.0. The average Bonchev–Trinajstić information content (AvgIpc) is 2.42. The van der Waals surface area contributed by atoms with E-state index in [0.29, 0.717) is 5.92 Å². The van der Waals surface area contributed by atoms with Crippen molar-refractivity contribution in [3.05, 3.63) is 48.0 Å². The number of carbonyl (C=O) groups excluding carboxylic acids is 1. The Morgan fingerprint density at radius 2 is 1.85 bits per heavy atom. The van der Waals surface area contributed by atoms with Crippen LogP contribution in [0.2, 0.25) is 0 Å². The molecule has 1 amide bonds. The molecular weight excluding hydrogens is 254 g/mol. The molecule has 4 nitrogen and oxygen atoms in total. The van der Waals surface area contributed by atoms with E-state index in [0.717, 1.165) is 25.0 Å². The van der Waals surface area contributed by atoms with Crippen molar-refractivity contribution in [2.45, 2.75) is 32.7 Å². The molecule has 0 bridgehead atoms. The second kappa shape index (κ2) is 8.15. The molecule has 0 saturated carbocycles. The van der Waals surface area contributed by atoms with Gasteiger partial charge in [0.15, 0.2) is 0 Å². The number of hydrogen-bond acceptors (Lipinski definition) is 2. The fraction of sp³-hybridized carbons (Fsp3) is 0.375. The van der Waals surface area contributed by atoms with Gasteiger partial charge in [-0.3, -0.25) is 4.79 Å². The number of carboxylic acid groups (broad SMARTS) is 1. The molecule has 0 radical (unpaired) electrons. The lowest BCUT2D eigenvalue weighted by atomic mass is 9.96. The maximum Gasteiger partial charge on any atom is 0.328 e. The lowest BCUT2D eigenvalue weighted by Crippen LogP contribution is -2.38. The highest BCUT2D eigenvalue weighted by Crippen LogP contribution is 2.11. The summed E-state index contributed by atoms with van der Waals surface area (Å²) >= 11 is 0. The first-order valence-corrected chi connectivity index (χ1v) is 6.74. The minimum absolute atomic E-state index is 0.0288. The normalized spacial score (nSPS) is 12.6. The molecule has 1 atom stereocenters. The molecule has 0 aliphatic heterocycles. The van der Waals surface area contributed by atoms with E-state index in [2.05, 4.69) is 17.4 Å². The first kappa shape index (κ1) is 16.0. The minimum Gasteiger partial charge on any atom is -0.478 e. The Bertz CT molecular complexity index is 466. The van der Waals surface area contributed by atoms with Crippen molar-refractivity contribution in [3.8, 4) is 0 Å². The first-order valence-electron chi connectivity index (χ1n) is 6.74. The Balaban J connectivity index is 2.52. The highest BCUT2D eigenvalue weighted by molar-refractivity contribution is 5.93. The van der Waals surface area contributed by atoms with Crippen LogP contribution < -0.4 is 5.32 Å². The topological polar surface area (TPSA) is 66.4 Å². The van der Waals surface area contributed by atoms with Crippen molar-refractivity contribution in [1.29, 1.82) is 0 Å². The predicted octanol–water partition coefficient (Wildman–Crippen LogP) is 2.40. The quantitative estimate of drug-likeness (QED) is 0.751. The monoisotopic (exact) mass is 275 g/mol. The molecule has 20 heavy (non-hydrogen) atoms. The number of amides is 1. The van der Waals surface area contributed by atoms with Crippen LogP contribution in [0.5, 0.6) is 0 Å². The van der Waals surface area contributed by atoms with Gasteiger partial charge in [0.2, 0.25) is 5.91 Å². The SMILES string of the molecule is CC(C)C(CCc1ccccc1)NC(=O)C=CC(=O)O. The van der Waals surface area contributed by atoms with Gasteiger partial charge in [0.25, 0.3) is 0 Å². The van der Waals surface area contributed by atoms with Crippen LogP contribution in [0.1, 0.15) is 25.8 Å². The van der Waals surface area contributed by atoms with Gasteiger partial charge in [-0.1, -0.05) is 44.2 Å². The smallest absolute Gasteiger partial charge is 0.328 e. The summed E-state index contributed by atoms with van der Waals surface area (Å²) in [5.74, 6) is -1.19. The Kier molecular flexibility index (Phi) is 6.50. The first-order chi connectivity index (χ1) is 9.49. The van der Waals surface area contributed by atoms with Gasteiger partial charge in [0.1, 0.15) is 0 Å². The van der Waals surface area contributed by atoms with Crippen LogP contribution in [0.25, 0.3) is 0 Å². The van der Waals surface area contributed by atoms with Gasteiger partial charge in [-0.25, -0.2) is 4.79 Å². The molecule has 1 rings (SSSR count). The molecule has 4 heteroatoms. The van der Waals surface area contributed by atoms with E-state index in [1.807, 2.05) is 32.0 Å². The van der Waals surface area contributed by atoms with Crippen LogP contribution in [-0.2, 0) is 16.0 Å². The van der Waals surface area contributed by atoms with E-state index in [1.165, 1.54) is 5.56 Å². The molecular formula is C16H21NO3. The molecule has 1 unspecified atom stereocenters. The highest BCUT2D eigenvalue weighted by atomic mass is 16.4. The van der Waals surface area contributed by atoms with Gasteiger partial charge in [-0.2, -0.15) is 0 Å². The summed E-state index contributed by atoms with van der Waals surface area (Å²) in [6.45, 7) is 4.08. The molecule has 0 aromatic heterocycles. The number of carboxylic acids is 1. The van der Waals surface area contributed by atoms with E-state index < -0.39 is 5.97 Å². The predicted molar refractivity (Wildman–Crippen MR) is 78.3 cm³/mol. The van der Waals surface area contributed by atoms with E-state index in [4.69, 9.17) is 5.11 Å². The molecule has 1 aromatic rings. The number of hydrogen-bond donors (Lipinski definition) is 2. The average molecular weight is 275 g/mol. The molecule has 0 heterocycles.